The maximum atomic E-state index is 12.4. The number of hydrogen-bond donors (Lipinski definition) is 1. The van der Waals surface area contributed by atoms with E-state index in [0.29, 0.717) is 23.6 Å². The zero-order valence-corrected chi connectivity index (χ0v) is 22.0. The number of fused-ring (bicyclic) bond motifs is 4. The number of imide groups is 1. The molecule has 0 saturated carbocycles. The first-order valence-electron chi connectivity index (χ1n) is 13.3. The highest BCUT2D eigenvalue weighted by Crippen LogP contribution is 2.44. The van der Waals surface area contributed by atoms with E-state index in [4.69, 9.17) is 9.57 Å². The topological polar surface area (TPSA) is 102 Å². The van der Waals surface area contributed by atoms with Crippen molar-refractivity contribution in [3.63, 3.8) is 0 Å². The van der Waals surface area contributed by atoms with E-state index in [2.05, 4.69) is 29.6 Å². The van der Waals surface area contributed by atoms with Gasteiger partial charge in [-0.1, -0.05) is 90.0 Å². The molecule has 0 unspecified atom stereocenters. The third kappa shape index (κ3) is 5.19. The number of nitrogens with zero attached hydrogens (tertiary/aromatic N) is 1. The van der Waals surface area contributed by atoms with Gasteiger partial charge in [0.15, 0.2) is 0 Å². The molecule has 1 N–H and O–H groups in total. The van der Waals surface area contributed by atoms with Crippen LogP contribution in [-0.4, -0.2) is 42.1 Å². The number of benzene rings is 4. The summed E-state index contributed by atoms with van der Waals surface area (Å²) in [5, 5.41) is 3.31. The van der Waals surface area contributed by atoms with Crippen molar-refractivity contribution in [3.05, 3.63) is 130 Å². The second-order valence-electron chi connectivity index (χ2n) is 9.91. The van der Waals surface area contributed by atoms with Crippen molar-refractivity contribution in [2.24, 2.45) is 0 Å². The normalized spacial score (nSPS) is 13.4. The summed E-state index contributed by atoms with van der Waals surface area (Å²) >= 11 is 0. The van der Waals surface area contributed by atoms with E-state index >= 15 is 0 Å². The summed E-state index contributed by atoms with van der Waals surface area (Å²) in [5.41, 5.74) is 6.72. The van der Waals surface area contributed by atoms with Gasteiger partial charge in [0.25, 0.3) is 11.8 Å². The van der Waals surface area contributed by atoms with Crippen LogP contribution in [0, 0.1) is 0 Å². The highest BCUT2D eigenvalue weighted by molar-refractivity contribution is 6.20. The number of rotatable bonds is 8. The predicted octanol–water partition coefficient (Wildman–Crippen LogP) is 5.06. The van der Waals surface area contributed by atoms with Gasteiger partial charge >= 0.3 is 12.1 Å². The highest BCUT2D eigenvalue weighted by Gasteiger charge is 2.38. The van der Waals surface area contributed by atoms with E-state index in [1.807, 2.05) is 36.4 Å². The molecule has 41 heavy (non-hydrogen) atoms. The van der Waals surface area contributed by atoms with Crippen LogP contribution in [-0.2, 0) is 27.2 Å². The highest BCUT2D eigenvalue weighted by atomic mass is 16.7. The first kappa shape index (κ1) is 26.0. The smallest absolute Gasteiger partial charge is 0.407 e. The third-order valence-corrected chi connectivity index (χ3v) is 7.35. The number of amides is 3. The summed E-state index contributed by atoms with van der Waals surface area (Å²) in [5.74, 6) is -2.02. The van der Waals surface area contributed by atoms with Gasteiger partial charge in [-0.2, -0.15) is 0 Å². The third-order valence-electron chi connectivity index (χ3n) is 7.35. The average molecular weight is 547 g/mol. The van der Waals surface area contributed by atoms with Crippen molar-refractivity contribution in [2.45, 2.75) is 18.8 Å². The molecule has 0 bridgehead atoms. The molecule has 204 valence electrons. The van der Waals surface area contributed by atoms with Gasteiger partial charge < -0.3 is 14.9 Å². The van der Waals surface area contributed by atoms with Crippen LogP contribution in [0.2, 0.25) is 0 Å². The fourth-order valence-electron chi connectivity index (χ4n) is 5.33. The van der Waals surface area contributed by atoms with Gasteiger partial charge in [-0.15, -0.1) is 0 Å². The van der Waals surface area contributed by atoms with Crippen molar-refractivity contribution < 1.29 is 28.8 Å². The predicted molar refractivity (Wildman–Crippen MR) is 150 cm³/mol. The Morgan fingerprint density at radius 2 is 1.20 bits per heavy atom. The van der Waals surface area contributed by atoms with Crippen LogP contribution >= 0.6 is 0 Å². The van der Waals surface area contributed by atoms with Gasteiger partial charge in [-0.25, -0.2) is 9.59 Å². The summed E-state index contributed by atoms with van der Waals surface area (Å²) < 4.78 is 5.58. The molecule has 0 saturated heterocycles. The van der Waals surface area contributed by atoms with E-state index in [-0.39, 0.29) is 30.1 Å². The Hall–Kier alpha value is -5.24. The Bertz CT molecular complexity index is 1580. The molecule has 0 radical (unpaired) electrons. The molecule has 0 spiro atoms. The Morgan fingerprint density at radius 3 is 1.78 bits per heavy atom. The molecule has 1 aliphatic carbocycles. The minimum absolute atomic E-state index is 0.00409. The van der Waals surface area contributed by atoms with Gasteiger partial charge in [-0.05, 0) is 51.9 Å². The molecule has 4 aromatic carbocycles. The number of carbonyl (C=O) groups excluding carboxylic acids is 4. The van der Waals surface area contributed by atoms with Crippen molar-refractivity contribution in [3.8, 4) is 11.1 Å². The molecule has 3 amide bonds. The number of alkyl carbamates (subject to hydrolysis) is 1. The Kier molecular flexibility index (Phi) is 7.04. The monoisotopic (exact) mass is 546 g/mol. The molecule has 2 aliphatic rings. The van der Waals surface area contributed by atoms with E-state index in [9.17, 15) is 19.2 Å². The van der Waals surface area contributed by atoms with Crippen LogP contribution < -0.4 is 5.32 Å². The number of ether oxygens (including phenoxy) is 1. The quantitative estimate of drug-likeness (QED) is 0.310. The van der Waals surface area contributed by atoms with E-state index in [0.717, 1.165) is 16.7 Å². The van der Waals surface area contributed by atoms with E-state index < -0.39 is 23.9 Å². The molecule has 1 heterocycles. The molecule has 8 heteroatoms. The molecule has 0 aromatic heterocycles. The number of hydroxylamine groups is 2. The summed E-state index contributed by atoms with van der Waals surface area (Å²) in [4.78, 5) is 54.7. The molecule has 8 nitrogen and oxygen atoms in total. The van der Waals surface area contributed by atoms with Crippen LogP contribution in [0.3, 0.4) is 0 Å². The lowest BCUT2D eigenvalue weighted by Crippen LogP contribution is -2.33. The largest absolute Gasteiger partial charge is 0.449 e. The summed E-state index contributed by atoms with van der Waals surface area (Å²) in [6.45, 7) is 0.642. The Balaban J connectivity index is 0.956. The summed E-state index contributed by atoms with van der Waals surface area (Å²) in [6, 6.07) is 29.9. The zero-order chi connectivity index (χ0) is 28.3. The lowest BCUT2D eigenvalue weighted by Gasteiger charge is -2.14. The molecule has 1 aliphatic heterocycles. The molecule has 4 aromatic rings. The average Bonchev–Trinajstić information content (AvgIpc) is 3.44. The van der Waals surface area contributed by atoms with E-state index in [1.54, 1.807) is 24.3 Å². The van der Waals surface area contributed by atoms with Gasteiger partial charge in [0.05, 0.1) is 17.5 Å². The van der Waals surface area contributed by atoms with Gasteiger partial charge in [-0.3, -0.25) is 9.59 Å². The fourth-order valence-corrected chi connectivity index (χ4v) is 5.33. The maximum absolute atomic E-state index is 12.4. The second kappa shape index (κ2) is 11.1. The van der Waals surface area contributed by atoms with E-state index in [1.165, 1.54) is 23.3 Å². The minimum atomic E-state index is -0.718. The second-order valence-corrected chi connectivity index (χ2v) is 9.91. The van der Waals surface area contributed by atoms with Crippen molar-refractivity contribution >= 4 is 23.9 Å². The number of nitrogens with one attached hydrogen (secondary N) is 1. The van der Waals surface area contributed by atoms with Crippen molar-refractivity contribution in [1.82, 2.24) is 10.4 Å². The Morgan fingerprint density at radius 1 is 0.683 bits per heavy atom. The number of carbonyl (C=O) groups is 4. The molecule has 0 fully saturated rings. The summed E-state index contributed by atoms with van der Waals surface area (Å²) in [6.07, 6.45) is -0.00489. The number of hydrogen-bond acceptors (Lipinski definition) is 6. The van der Waals surface area contributed by atoms with Gasteiger partial charge in [0.1, 0.15) is 6.61 Å². The van der Waals surface area contributed by atoms with Crippen LogP contribution in [0.5, 0.6) is 0 Å². The lowest BCUT2D eigenvalue weighted by molar-refractivity contribution is -0.167. The SMILES string of the molecule is O=C(Cc1ccc(CCNC(=O)OCC2c3ccccc3-c3ccccc32)cc1)ON1C(=O)c2ccccc2C1=O. The van der Waals surface area contributed by atoms with Crippen molar-refractivity contribution in [1.29, 1.82) is 0 Å². The van der Waals surface area contributed by atoms with Gasteiger partial charge in [0.2, 0.25) is 0 Å². The minimum Gasteiger partial charge on any atom is -0.449 e. The summed E-state index contributed by atoms with van der Waals surface area (Å²) in [7, 11) is 0. The molecular weight excluding hydrogens is 520 g/mol. The zero-order valence-electron chi connectivity index (χ0n) is 22.0. The lowest BCUT2D eigenvalue weighted by atomic mass is 9.98. The van der Waals surface area contributed by atoms with Crippen LogP contribution in [0.15, 0.2) is 97.1 Å². The first-order valence-corrected chi connectivity index (χ1v) is 13.3. The molecule has 0 atom stereocenters. The van der Waals surface area contributed by atoms with Gasteiger partial charge in [0, 0.05) is 12.5 Å². The van der Waals surface area contributed by atoms with Crippen LogP contribution in [0.1, 0.15) is 48.9 Å². The van der Waals surface area contributed by atoms with Crippen LogP contribution in [0.25, 0.3) is 11.1 Å². The van der Waals surface area contributed by atoms with Crippen LogP contribution in [0.4, 0.5) is 4.79 Å². The standard InChI is InChI=1S/C33H26N2O6/c36-30(41-35-31(37)27-11-5-6-12-28(27)32(35)38)19-22-15-13-21(14-16-22)17-18-34-33(39)40-20-29-25-9-3-1-7-23(25)24-8-2-4-10-26(24)29/h1-16,29H,17-20H2,(H,34,39). The fraction of sp³-hybridized carbons (Fsp3) is 0.152. The van der Waals surface area contributed by atoms with Crippen molar-refractivity contribution in [2.75, 3.05) is 13.2 Å². The maximum Gasteiger partial charge on any atom is 0.407 e. The molecular formula is C33H26N2O6. The Labute approximate surface area is 236 Å². The molecule has 6 rings (SSSR count). The first-order chi connectivity index (χ1) is 20.0.